The maximum absolute atomic E-state index is 11.5. The molecule has 2 atom stereocenters. The molecule has 2 N–H and O–H groups in total. The van der Waals surface area contributed by atoms with E-state index in [-0.39, 0.29) is 5.97 Å². The first kappa shape index (κ1) is 10.2. The molecule has 15 heavy (non-hydrogen) atoms. The second-order valence-corrected chi connectivity index (χ2v) is 3.90. The smallest absolute Gasteiger partial charge is 0.341 e. The van der Waals surface area contributed by atoms with Crippen LogP contribution in [0.15, 0.2) is 6.20 Å². The van der Waals surface area contributed by atoms with Crippen molar-refractivity contribution in [1.29, 1.82) is 0 Å². The maximum Gasteiger partial charge on any atom is 0.341 e. The number of rotatable bonds is 3. The van der Waals surface area contributed by atoms with Crippen molar-refractivity contribution < 1.29 is 9.53 Å². The largest absolute Gasteiger partial charge is 0.465 e. The number of hydrogen-bond donors (Lipinski definition) is 1. The van der Waals surface area contributed by atoms with E-state index in [2.05, 4.69) is 5.10 Å². The van der Waals surface area contributed by atoms with Crippen molar-refractivity contribution in [2.24, 2.45) is 18.7 Å². The van der Waals surface area contributed by atoms with E-state index in [0.717, 1.165) is 12.1 Å². The topological polar surface area (TPSA) is 70.1 Å². The van der Waals surface area contributed by atoms with Gasteiger partial charge in [0.1, 0.15) is 5.56 Å². The standard InChI is InChI=1S/C10H15N3O2/c1-13-9(7-3-6(7)4-11)8(5-12-13)10(14)15-2/h5-7H,3-4,11H2,1-2H3/t6-,7+/m0/s1. The predicted octanol–water partition coefficient (Wildman–Crippen LogP) is 0.269. The molecule has 1 aliphatic rings. The Bertz CT molecular complexity index is 386. The van der Waals surface area contributed by atoms with Gasteiger partial charge in [-0.05, 0) is 18.9 Å². The summed E-state index contributed by atoms with van der Waals surface area (Å²) in [6.07, 6.45) is 2.60. The molecule has 1 aromatic rings. The van der Waals surface area contributed by atoms with E-state index in [9.17, 15) is 4.79 Å². The molecular weight excluding hydrogens is 194 g/mol. The van der Waals surface area contributed by atoms with Crippen LogP contribution in [0.3, 0.4) is 0 Å². The number of nitrogens with zero attached hydrogens (tertiary/aromatic N) is 2. The summed E-state index contributed by atoms with van der Waals surface area (Å²) in [5.74, 6) is 0.543. The van der Waals surface area contributed by atoms with E-state index in [1.54, 1.807) is 10.9 Å². The Hall–Kier alpha value is -1.36. The lowest BCUT2D eigenvalue weighted by Crippen LogP contribution is -2.09. The van der Waals surface area contributed by atoms with Gasteiger partial charge in [-0.15, -0.1) is 0 Å². The van der Waals surface area contributed by atoms with Gasteiger partial charge < -0.3 is 10.5 Å². The van der Waals surface area contributed by atoms with Crippen LogP contribution < -0.4 is 5.73 Å². The Balaban J connectivity index is 2.29. The molecule has 0 aromatic carbocycles. The van der Waals surface area contributed by atoms with Gasteiger partial charge in [0, 0.05) is 13.0 Å². The van der Waals surface area contributed by atoms with Crippen molar-refractivity contribution >= 4 is 5.97 Å². The van der Waals surface area contributed by atoms with Gasteiger partial charge in [0.2, 0.25) is 0 Å². The maximum atomic E-state index is 11.5. The highest BCUT2D eigenvalue weighted by Crippen LogP contribution is 2.47. The van der Waals surface area contributed by atoms with Crippen molar-refractivity contribution in [2.75, 3.05) is 13.7 Å². The van der Waals surface area contributed by atoms with Crippen molar-refractivity contribution in [2.45, 2.75) is 12.3 Å². The molecule has 1 heterocycles. The highest BCUT2D eigenvalue weighted by Gasteiger charge is 2.41. The van der Waals surface area contributed by atoms with Gasteiger partial charge in [-0.3, -0.25) is 4.68 Å². The molecule has 1 saturated carbocycles. The van der Waals surface area contributed by atoms with Gasteiger partial charge in [-0.25, -0.2) is 4.79 Å². The van der Waals surface area contributed by atoms with Crippen molar-refractivity contribution in [3.8, 4) is 0 Å². The number of nitrogens with two attached hydrogens (primary N) is 1. The molecule has 5 heteroatoms. The Labute approximate surface area is 88.2 Å². The second-order valence-electron chi connectivity index (χ2n) is 3.90. The molecule has 1 aliphatic carbocycles. The molecule has 0 radical (unpaired) electrons. The van der Waals surface area contributed by atoms with Gasteiger partial charge in [0.05, 0.1) is 19.0 Å². The van der Waals surface area contributed by atoms with E-state index >= 15 is 0 Å². The minimum Gasteiger partial charge on any atom is -0.465 e. The number of ether oxygens (including phenoxy) is 1. The molecule has 0 bridgehead atoms. The molecule has 82 valence electrons. The average Bonchev–Trinajstić information content (AvgIpc) is 2.93. The molecule has 0 saturated heterocycles. The van der Waals surface area contributed by atoms with Crippen LogP contribution in [-0.2, 0) is 11.8 Å². The molecule has 0 amide bonds. The van der Waals surface area contributed by atoms with Gasteiger partial charge in [0.15, 0.2) is 0 Å². The number of esters is 1. The van der Waals surface area contributed by atoms with E-state index in [1.807, 2.05) is 7.05 Å². The first-order valence-corrected chi connectivity index (χ1v) is 4.99. The zero-order valence-electron chi connectivity index (χ0n) is 8.93. The molecule has 0 spiro atoms. The zero-order valence-corrected chi connectivity index (χ0v) is 8.93. The van der Waals surface area contributed by atoms with Crippen molar-refractivity contribution in [3.63, 3.8) is 0 Å². The lowest BCUT2D eigenvalue weighted by Gasteiger charge is -2.03. The number of aryl methyl sites for hydroxylation is 1. The molecule has 1 aromatic heterocycles. The third-order valence-corrected chi connectivity index (χ3v) is 2.97. The number of methoxy groups -OCH3 is 1. The van der Waals surface area contributed by atoms with Crippen LogP contribution in [-0.4, -0.2) is 29.4 Å². The summed E-state index contributed by atoms with van der Waals surface area (Å²) in [6, 6.07) is 0. The monoisotopic (exact) mass is 209 g/mol. The molecule has 1 fully saturated rings. The van der Waals surface area contributed by atoms with Crippen molar-refractivity contribution in [1.82, 2.24) is 9.78 Å². The molecule has 2 rings (SSSR count). The quantitative estimate of drug-likeness (QED) is 0.725. The Kier molecular flexibility index (Phi) is 2.48. The number of carbonyl (C=O) groups excluding carboxylic acids is 1. The van der Waals surface area contributed by atoms with Crippen LogP contribution in [0, 0.1) is 5.92 Å². The Morgan fingerprint density at radius 3 is 3.07 bits per heavy atom. The lowest BCUT2D eigenvalue weighted by molar-refractivity contribution is 0.0599. The predicted molar refractivity (Wildman–Crippen MR) is 54.4 cm³/mol. The third kappa shape index (κ3) is 1.63. The fraction of sp³-hybridized carbons (Fsp3) is 0.600. The van der Waals surface area contributed by atoms with Gasteiger partial charge >= 0.3 is 5.97 Å². The zero-order chi connectivity index (χ0) is 11.0. The highest BCUT2D eigenvalue weighted by atomic mass is 16.5. The molecule has 5 nitrogen and oxygen atoms in total. The van der Waals surface area contributed by atoms with Crippen molar-refractivity contribution in [3.05, 3.63) is 17.5 Å². The van der Waals surface area contributed by atoms with Crippen LogP contribution in [0.4, 0.5) is 0 Å². The van der Waals surface area contributed by atoms with Crippen LogP contribution in [0.2, 0.25) is 0 Å². The Morgan fingerprint density at radius 2 is 2.53 bits per heavy atom. The summed E-state index contributed by atoms with van der Waals surface area (Å²) < 4.78 is 6.46. The first-order valence-electron chi connectivity index (χ1n) is 4.99. The van der Waals surface area contributed by atoms with E-state index < -0.39 is 0 Å². The van der Waals surface area contributed by atoms with Gasteiger partial charge in [-0.2, -0.15) is 5.10 Å². The van der Waals surface area contributed by atoms with E-state index in [4.69, 9.17) is 10.5 Å². The summed E-state index contributed by atoms with van der Waals surface area (Å²) in [4.78, 5) is 11.5. The average molecular weight is 209 g/mol. The Morgan fingerprint density at radius 1 is 1.80 bits per heavy atom. The summed E-state index contributed by atoms with van der Waals surface area (Å²) >= 11 is 0. The SMILES string of the molecule is COC(=O)c1cnn(C)c1[C@@H]1C[C@H]1CN. The summed E-state index contributed by atoms with van der Waals surface area (Å²) in [7, 11) is 3.22. The molecule has 0 aliphatic heterocycles. The normalized spacial score (nSPS) is 23.9. The lowest BCUT2D eigenvalue weighted by atomic mass is 10.1. The summed E-state index contributed by atoms with van der Waals surface area (Å²) in [6.45, 7) is 0.663. The highest BCUT2D eigenvalue weighted by molar-refractivity contribution is 5.90. The minimum atomic E-state index is -0.319. The van der Waals surface area contributed by atoms with Crippen LogP contribution in [0.1, 0.15) is 28.4 Å². The van der Waals surface area contributed by atoms with E-state index in [1.165, 1.54) is 7.11 Å². The van der Waals surface area contributed by atoms with Crippen LogP contribution >= 0.6 is 0 Å². The fourth-order valence-electron chi connectivity index (χ4n) is 2.00. The number of carbonyl (C=O) groups is 1. The van der Waals surface area contributed by atoms with Crippen LogP contribution in [0.5, 0.6) is 0 Å². The first-order chi connectivity index (χ1) is 7.19. The second kappa shape index (κ2) is 3.66. The molecule has 0 unspecified atom stereocenters. The summed E-state index contributed by atoms with van der Waals surface area (Å²) in [5.41, 5.74) is 7.12. The molecular formula is C10H15N3O2. The fourth-order valence-corrected chi connectivity index (χ4v) is 2.00. The minimum absolute atomic E-state index is 0.319. The van der Waals surface area contributed by atoms with Gasteiger partial charge in [0.25, 0.3) is 0 Å². The van der Waals surface area contributed by atoms with Gasteiger partial charge in [-0.1, -0.05) is 0 Å². The number of aromatic nitrogens is 2. The van der Waals surface area contributed by atoms with E-state index in [0.29, 0.717) is 23.9 Å². The summed E-state index contributed by atoms with van der Waals surface area (Å²) in [5, 5.41) is 4.09. The third-order valence-electron chi connectivity index (χ3n) is 2.97. The number of hydrogen-bond acceptors (Lipinski definition) is 4. The van der Waals surface area contributed by atoms with Crippen LogP contribution in [0.25, 0.3) is 0 Å².